The standard InChI is InChI=1S/C32H34N2O6/c1-5-6-12-30(35)34(2)29(31(36)39-22-21-33)23-40-32(24-10-8-7-9-11-24,25-13-17-27(37-3)18-14-25)26-15-19-28(38-4)20-16-26/h5,7-11,13-20,29H,1,6,12,22-23H2,2-4H3. The van der Waals surface area contributed by atoms with Gasteiger partial charge in [-0.3, -0.25) is 4.79 Å². The number of hydrogen-bond acceptors (Lipinski definition) is 7. The van der Waals surface area contributed by atoms with Crippen molar-refractivity contribution in [1.29, 1.82) is 5.26 Å². The molecule has 1 amide bonds. The summed E-state index contributed by atoms with van der Waals surface area (Å²) in [5.74, 6) is 0.334. The van der Waals surface area contributed by atoms with E-state index in [9.17, 15) is 9.59 Å². The number of hydrogen-bond donors (Lipinski definition) is 0. The Balaban J connectivity index is 2.16. The summed E-state index contributed by atoms with van der Waals surface area (Å²) in [7, 11) is 4.71. The Kier molecular flexibility index (Phi) is 10.9. The molecule has 0 heterocycles. The lowest BCUT2D eigenvalue weighted by Gasteiger charge is -2.38. The highest BCUT2D eigenvalue weighted by Gasteiger charge is 2.40. The van der Waals surface area contributed by atoms with E-state index in [0.717, 1.165) is 16.7 Å². The van der Waals surface area contributed by atoms with Gasteiger partial charge in [0.2, 0.25) is 5.91 Å². The second-order valence-corrected chi connectivity index (χ2v) is 8.93. The minimum absolute atomic E-state index is 0.169. The van der Waals surface area contributed by atoms with Crippen LogP contribution in [-0.4, -0.2) is 57.3 Å². The zero-order chi connectivity index (χ0) is 29.0. The van der Waals surface area contributed by atoms with Crippen molar-refractivity contribution < 1.29 is 28.5 Å². The van der Waals surface area contributed by atoms with Crippen LogP contribution in [0.2, 0.25) is 0 Å². The lowest BCUT2D eigenvalue weighted by Crippen LogP contribution is -2.48. The molecule has 0 aliphatic carbocycles. The van der Waals surface area contributed by atoms with Gasteiger partial charge in [0.15, 0.2) is 12.6 Å². The van der Waals surface area contributed by atoms with E-state index >= 15 is 0 Å². The second kappa shape index (κ2) is 14.5. The molecule has 3 aromatic rings. The molecular weight excluding hydrogens is 508 g/mol. The van der Waals surface area contributed by atoms with Gasteiger partial charge in [0.05, 0.1) is 20.8 Å². The van der Waals surface area contributed by atoms with Gasteiger partial charge < -0.3 is 23.8 Å². The molecule has 8 heteroatoms. The van der Waals surface area contributed by atoms with Gasteiger partial charge in [0.25, 0.3) is 0 Å². The zero-order valence-corrected chi connectivity index (χ0v) is 23.0. The highest BCUT2D eigenvalue weighted by molar-refractivity contribution is 5.84. The van der Waals surface area contributed by atoms with Crippen molar-refractivity contribution in [3.05, 3.63) is 108 Å². The topological polar surface area (TPSA) is 98.1 Å². The fourth-order valence-electron chi connectivity index (χ4n) is 4.39. The Labute approximate surface area is 235 Å². The number of nitrogens with zero attached hydrogens (tertiary/aromatic N) is 2. The fourth-order valence-corrected chi connectivity index (χ4v) is 4.39. The summed E-state index contributed by atoms with van der Waals surface area (Å²) in [4.78, 5) is 27.3. The van der Waals surface area contributed by atoms with Gasteiger partial charge in [0.1, 0.15) is 23.2 Å². The Hall–Kier alpha value is -4.61. The highest BCUT2D eigenvalue weighted by Crippen LogP contribution is 2.42. The van der Waals surface area contributed by atoms with Crippen LogP contribution in [0.1, 0.15) is 29.5 Å². The van der Waals surface area contributed by atoms with Crippen LogP contribution in [0.3, 0.4) is 0 Å². The summed E-state index contributed by atoms with van der Waals surface area (Å²) in [6.07, 6.45) is 2.26. The Morgan fingerprint density at radius 3 is 1.93 bits per heavy atom. The van der Waals surface area contributed by atoms with Crippen LogP contribution in [0.4, 0.5) is 0 Å². The van der Waals surface area contributed by atoms with E-state index < -0.39 is 24.2 Å². The van der Waals surface area contributed by atoms with Crippen LogP contribution < -0.4 is 9.47 Å². The molecule has 0 bridgehead atoms. The number of nitriles is 1. The van der Waals surface area contributed by atoms with Crippen LogP contribution in [0.15, 0.2) is 91.5 Å². The maximum atomic E-state index is 13.1. The van der Waals surface area contributed by atoms with E-state index in [1.165, 1.54) is 11.9 Å². The minimum Gasteiger partial charge on any atom is -0.497 e. The van der Waals surface area contributed by atoms with Crippen molar-refractivity contribution in [3.63, 3.8) is 0 Å². The number of esters is 1. The second-order valence-electron chi connectivity index (χ2n) is 8.93. The number of amides is 1. The van der Waals surface area contributed by atoms with Crippen LogP contribution in [-0.2, 0) is 24.7 Å². The summed E-state index contributed by atoms with van der Waals surface area (Å²) in [5.41, 5.74) is 1.15. The SMILES string of the molecule is C=CCCC(=O)N(C)C(COC(c1ccccc1)(c1ccc(OC)cc1)c1ccc(OC)cc1)C(=O)OCC#N. The Morgan fingerprint density at radius 2 is 1.45 bits per heavy atom. The Morgan fingerprint density at radius 1 is 0.925 bits per heavy atom. The van der Waals surface area contributed by atoms with E-state index in [2.05, 4.69) is 6.58 Å². The summed E-state index contributed by atoms with van der Waals surface area (Å²) >= 11 is 0. The summed E-state index contributed by atoms with van der Waals surface area (Å²) in [6.45, 7) is 3.01. The van der Waals surface area contributed by atoms with E-state index in [4.69, 9.17) is 24.2 Å². The molecule has 8 nitrogen and oxygen atoms in total. The number of likely N-dealkylation sites (N-methyl/N-ethyl adjacent to an activating group) is 1. The van der Waals surface area contributed by atoms with Crippen molar-refractivity contribution in [2.24, 2.45) is 0 Å². The summed E-state index contributed by atoms with van der Waals surface area (Å²) in [6, 6.07) is 25.3. The van der Waals surface area contributed by atoms with Crippen molar-refractivity contribution >= 4 is 11.9 Å². The smallest absolute Gasteiger partial charge is 0.332 e. The molecule has 0 aliphatic rings. The predicted molar refractivity (Wildman–Crippen MR) is 151 cm³/mol. The first-order valence-electron chi connectivity index (χ1n) is 12.8. The van der Waals surface area contributed by atoms with Crippen LogP contribution in [0.25, 0.3) is 0 Å². The van der Waals surface area contributed by atoms with Gasteiger partial charge in [-0.2, -0.15) is 5.26 Å². The molecule has 40 heavy (non-hydrogen) atoms. The van der Waals surface area contributed by atoms with E-state index in [1.807, 2.05) is 78.9 Å². The molecule has 0 radical (unpaired) electrons. The van der Waals surface area contributed by atoms with Gasteiger partial charge >= 0.3 is 5.97 Å². The predicted octanol–water partition coefficient (Wildman–Crippen LogP) is 4.87. The van der Waals surface area contributed by atoms with Gasteiger partial charge in [0, 0.05) is 13.5 Å². The molecule has 0 fully saturated rings. The Bertz CT molecular complexity index is 1250. The largest absolute Gasteiger partial charge is 0.497 e. The molecular formula is C32H34N2O6. The quantitative estimate of drug-likeness (QED) is 0.163. The first-order chi connectivity index (χ1) is 19.4. The van der Waals surface area contributed by atoms with Gasteiger partial charge in [-0.1, -0.05) is 60.7 Å². The molecule has 0 N–H and O–H groups in total. The molecule has 3 rings (SSSR count). The van der Waals surface area contributed by atoms with E-state index in [0.29, 0.717) is 17.9 Å². The zero-order valence-electron chi connectivity index (χ0n) is 23.0. The number of rotatable bonds is 14. The number of allylic oxidation sites excluding steroid dienone is 1. The number of ether oxygens (including phenoxy) is 4. The molecule has 0 saturated heterocycles. The average molecular weight is 543 g/mol. The van der Waals surface area contributed by atoms with Crippen LogP contribution in [0.5, 0.6) is 11.5 Å². The third kappa shape index (κ3) is 6.87. The lowest BCUT2D eigenvalue weighted by atomic mass is 9.80. The van der Waals surface area contributed by atoms with Crippen molar-refractivity contribution in [2.45, 2.75) is 24.5 Å². The average Bonchev–Trinajstić information content (AvgIpc) is 3.01. The van der Waals surface area contributed by atoms with Gasteiger partial charge in [-0.25, -0.2) is 4.79 Å². The molecule has 208 valence electrons. The molecule has 0 spiro atoms. The lowest BCUT2D eigenvalue weighted by molar-refractivity contribution is -0.157. The van der Waals surface area contributed by atoms with E-state index in [-0.39, 0.29) is 18.9 Å². The number of methoxy groups -OCH3 is 2. The first kappa shape index (κ1) is 29.9. The van der Waals surface area contributed by atoms with Gasteiger partial charge in [-0.15, -0.1) is 6.58 Å². The number of carbonyl (C=O) groups excluding carboxylic acids is 2. The third-order valence-electron chi connectivity index (χ3n) is 6.61. The molecule has 1 atom stereocenters. The molecule has 3 aromatic carbocycles. The first-order valence-corrected chi connectivity index (χ1v) is 12.8. The summed E-state index contributed by atoms with van der Waals surface area (Å²) in [5, 5.41) is 8.98. The maximum Gasteiger partial charge on any atom is 0.332 e. The van der Waals surface area contributed by atoms with Crippen LogP contribution in [0, 0.1) is 11.3 Å². The molecule has 0 saturated carbocycles. The van der Waals surface area contributed by atoms with Crippen molar-refractivity contribution in [2.75, 3.05) is 34.5 Å². The molecule has 1 unspecified atom stereocenters. The number of carbonyl (C=O) groups is 2. The maximum absolute atomic E-state index is 13.1. The fraction of sp³-hybridized carbons (Fsp3) is 0.281. The van der Waals surface area contributed by atoms with E-state index in [1.54, 1.807) is 26.4 Å². The highest BCUT2D eigenvalue weighted by atomic mass is 16.5. The molecule has 0 aromatic heterocycles. The van der Waals surface area contributed by atoms with Crippen LogP contribution >= 0.6 is 0 Å². The minimum atomic E-state index is -1.20. The third-order valence-corrected chi connectivity index (χ3v) is 6.61. The number of benzene rings is 3. The van der Waals surface area contributed by atoms with Gasteiger partial charge in [-0.05, 0) is 47.4 Å². The van der Waals surface area contributed by atoms with Crippen molar-refractivity contribution in [1.82, 2.24) is 4.90 Å². The van der Waals surface area contributed by atoms with Crippen molar-refractivity contribution in [3.8, 4) is 17.6 Å². The normalized spacial score (nSPS) is 11.6. The molecule has 0 aliphatic heterocycles. The summed E-state index contributed by atoms with van der Waals surface area (Å²) < 4.78 is 22.7. The monoisotopic (exact) mass is 542 g/mol.